The zero-order valence-electron chi connectivity index (χ0n) is 20.6. The highest BCUT2D eigenvalue weighted by atomic mass is 31.2. The molecule has 3 nitrogen and oxygen atoms in total. The molecule has 0 heterocycles. The van der Waals surface area contributed by atoms with Gasteiger partial charge < -0.3 is 4.57 Å². The SMILES string of the molecule is CC1(C)[C@@H](CC#N)C[C@H]1C(=O)CC(c1ccccc1)P(=O)(Cc1ccccc1)Cc1ccccc1. The van der Waals surface area contributed by atoms with Gasteiger partial charge in [0.15, 0.2) is 0 Å². The molecule has 0 amide bonds. The summed E-state index contributed by atoms with van der Waals surface area (Å²) < 4.78 is 15.0. The van der Waals surface area contributed by atoms with Crippen LogP contribution in [-0.2, 0) is 21.7 Å². The second-order valence-corrected chi connectivity index (χ2v) is 13.7. The molecule has 35 heavy (non-hydrogen) atoms. The lowest BCUT2D eigenvalue weighted by atomic mass is 9.52. The predicted molar refractivity (Wildman–Crippen MR) is 142 cm³/mol. The van der Waals surface area contributed by atoms with Gasteiger partial charge in [-0.15, -0.1) is 0 Å². The summed E-state index contributed by atoms with van der Waals surface area (Å²) in [6.45, 7) is 4.21. The number of nitrogens with zero attached hydrogens (tertiary/aromatic N) is 1. The molecule has 0 bridgehead atoms. The molecule has 1 fully saturated rings. The molecule has 1 aliphatic rings. The van der Waals surface area contributed by atoms with Crippen LogP contribution in [0.3, 0.4) is 0 Å². The monoisotopic (exact) mass is 483 g/mol. The van der Waals surface area contributed by atoms with Gasteiger partial charge in [-0.2, -0.15) is 5.26 Å². The van der Waals surface area contributed by atoms with E-state index in [1.165, 1.54) is 0 Å². The van der Waals surface area contributed by atoms with Crippen LogP contribution >= 0.6 is 7.14 Å². The van der Waals surface area contributed by atoms with Crippen molar-refractivity contribution in [2.75, 3.05) is 0 Å². The molecule has 3 atom stereocenters. The van der Waals surface area contributed by atoms with E-state index in [1.807, 2.05) is 91.0 Å². The van der Waals surface area contributed by atoms with Crippen molar-refractivity contribution < 1.29 is 9.36 Å². The van der Waals surface area contributed by atoms with Crippen LogP contribution in [0.2, 0.25) is 0 Å². The third kappa shape index (κ3) is 5.66. The summed E-state index contributed by atoms with van der Waals surface area (Å²) >= 11 is 0. The number of rotatable bonds is 10. The van der Waals surface area contributed by atoms with Gasteiger partial charge in [0, 0.05) is 36.7 Å². The van der Waals surface area contributed by atoms with Crippen molar-refractivity contribution in [3.8, 4) is 6.07 Å². The Bertz CT molecular complexity index is 1170. The number of benzene rings is 3. The van der Waals surface area contributed by atoms with E-state index in [0.29, 0.717) is 18.7 Å². The average molecular weight is 484 g/mol. The Morgan fingerprint density at radius 2 is 1.40 bits per heavy atom. The Hall–Kier alpha value is -2.95. The highest BCUT2D eigenvalue weighted by Crippen LogP contribution is 2.66. The van der Waals surface area contributed by atoms with Crippen LogP contribution in [-0.4, -0.2) is 5.78 Å². The predicted octanol–water partition coefficient (Wildman–Crippen LogP) is 8.03. The molecular weight excluding hydrogens is 449 g/mol. The van der Waals surface area contributed by atoms with Crippen LogP contribution < -0.4 is 0 Å². The maximum absolute atomic E-state index is 15.0. The first-order chi connectivity index (χ1) is 16.8. The molecule has 3 aromatic carbocycles. The summed E-state index contributed by atoms with van der Waals surface area (Å²) in [6, 6.07) is 32.2. The minimum absolute atomic E-state index is 0.0889. The second-order valence-electron chi connectivity index (χ2n) is 10.5. The minimum Gasteiger partial charge on any atom is -0.322 e. The first kappa shape index (κ1) is 25.2. The van der Waals surface area contributed by atoms with Crippen molar-refractivity contribution in [1.82, 2.24) is 0 Å². The number of Topliss-reactive ketones (excluding diaryl/α,β-unsaturated/α-hetero) is 1. The van der Waals surface area contributed by atoms with Crippen molar-refractivity contribution in [3.63, 3.8) is 0 Å². The molecule has 1 saturated carbocycles. The van der Waals surface area contributed by atoms with E-state index in [4.69, 9.17) is 5.26 Å². The third-order valence-electron chi connectivity index (χ3n) is 7.93. The number of ketones is 1. The number of hydrogen-bond donors (Lipinski definition) is 0. The van der Waals surface area contributed by atoms with Crippen LogP contribution in [0.15, 0.2) is 91.0 Å². The van der Waals surface area contributed by atoms with E-state index in [-0.39, 0.29) is 35.1 Å². The summed E-state index contributed by atoms with van der Waals surface area (Å²) in [5.74, 6) is 0.338. The number of carbonyl (C=O) groups excluding carboxylic acids is 1. The molecule has 4 heteroatoms. The quantitative estimate of drug-likeness (QED) is 0.274. The molecule has 0 N–H and O–H groups in total. The average Bonchev–Trinajstić information content (AvgIpc) is 2.86. The van der Waals surface area contributed by atoms with Crippen molar-refractivity contribution in [1.29, 1.82) is 5.26 Å². The summed E-state index contributed by atoms with van der Waals surface area (Å²) in [4.78, 5) is 13.7. The molecule has 0 saturated heterocycles. The van der Waals surface area contributed by atoms with Crippen LogP contribution in [0.1, 0.15) is 55.5 Å². The molecular formula is C31H34NO2P. The smallest absolute Gasteiger partial charge is 0.137 e. The second kappa shape index (κ2) is 10.8. The minimum atomic E-state index is -2.92. The van der Waals surface area contributed by atoms with E-state index >= 15 is 4.57 Å². The zero-order chi connectivity index (χ0) is 24.9. The molecule has 1 unspecified atom stereocenters. The fraction of sp³-hybridized carbons (Fsp3) is 0.355. The Labute approximate surface area is 209 Å². The standard InChI is InChI=1S/C31H34NO2P/c1-31(2)27(18-19-32)20-28(31)29(33)21-30(26-16-10-5-11-17-26)35(34,22-24-12-6-3-7-13-24)23-25-14-8-4-9-15-25/h3-17,27-28,30H,18,20-23H2,1-2H3/t27-,28-,30?/m0/s1. The molecule has 1 aliphatic carbocycles. The molecule has 0 spiro atoms. The largest absolute Gasteiger partial charge is 0.322 e. The Balaban J connectivity index is 1.70. The van der Waals surface area contributed by atoms with Crippen molar-refractivity contribution in [2.24, 2.45) is 17.3 Å². The van der Waals surface area contributed by atoms with Crippen LogP contribution in [0.25, 0.3) is 0 Å². The van der Waals surface area contributed by atoms with E-state index in [9.17, 15) is 4.79 Å². The molecule has 180 valence electrons. The first-order valence-corrected chi connectivity index (χ1v) is 14.6. The number of carbonyl (C=O) groups is 1. The van der Waals surface area contributed by atoms with Gasteiger partial charge in [0.2, 0.25) is 0 Å². The van der Waals surface area contributed by atoms with Gasteiger partial charge in [0.25, 0.3) is 0 Å². The number of hydrogen-bond acceptors (Lipinski definition) is 3. The van der Waals surface area contributed by atoms with Gasteiger partial charge in [-0.25, -0.2) is 0 Å². The topological polar surface area (TPSA) is 57.9 Å². The molecule has 0 radical (unpaired) electrons. The van der Waals surface area contributed by atoms with E-state index < -0.39 is 7.14 Å². The van der Waals surface area contributed by atoms with Crippen molar-refractivity contribution in [3.05, 3.63) is 108 Å². The van der Waals surface area contributed by atoms with Gasteiger partial charge >= 0.3 is 0 Å². The molecule has 3 aromatic rings. The summed E-state index contributed by atoms with van der Waals surface area (Å²) in [6.07, 6.45) is 2.43. The van der Waals surface area contributed by atoms with Gasteiger partial charge in [-0.3, -0.25) is 4.79 Å². The molecule has 0 aromatic heterocycles. The fourth-order valence-corrected chi connectivity index (χ4v) is 9.08. The van der Waals surface area contributed by atoms with Crippen LogP contribution in [0, 0.1) is 28.6 Å². The van der Waals surface area contributed by atoms with Gasteiger partial charge in [-0.1, -0.05) is 105 Å². The molecule has 0 aliphatic heterocycles. The summed E-state index contributed by atoms with van der Waals surface area (Å²) in [7, 11) is -2.92. The van der Waals surface area contributed by atoms with Crippen LogP contribution in [0.4, 0.5) is 0 Å². The van der Waals surface area contributed by atoms with E-state index in [1.54, 1.807) is 0 Å². The van der Waals surface area contributed by atoms with Gasteiger partial charge in [0.05, 0.1) is 6.07 Å². The molecule has 4 rings (SSSR count). The number of nitriles is 1. The maximum atomic E-state index is 15.0. The van der Waals surface area contributed by atoms with Gasteiger partial charge in [-0.05, 0) is 34.4 Å². The van der Waals surface area contributed by atoms with E-state index in [0.717, 1.165) is 23.1 Å². The zero-order valence-corrected chi connectivity index (χ0v) is 21.5. The highest BCUT2D eigenvalue weighted by molar-refractivity contribution is 7.62. The van der Waals surface area contributed by atoms with Crippen LogP contribution in [0.5, 0.6) is 0 Å². The summed E-state index contributed by atoms with van der Waals surface area (Å²) in [5.41, 5.74) is 2.51. The lowest BCUT2D eigenvalue weighted by Gasteiger charge is -2.51. The summed E-state index contributed by atoms with van der Waals surface area (Å²) in [5, 5.41) is 9.17. The van der Waals surface area contributed by atoms with Crippen molar-refractivity contribution >= 4 is 12.9 Å². The Morgan fingerprint density at radius 3 is 1.86 bits per heavy atom. The lowest BCUT2D eigenvalue weighted by molar-refractivity contribution is -0.138. The van der Waals surface area contributed by atoms with Gasteiger partial charge in [0.1, 0.15) is 12.9 Å². The normalized spacial score (nSPS) is 19.8. The third-order valence-corrected chi connectivity index (χ3v) is 11.3. The Kier molecular flexibility index (Phi) is 7.73. The maximum Gasteiger partial charge on any atom is 0.137 e. The highest BCUT2D eigenvalue weighted by Gasteiger charge is 2.51. The van der Waals surface area contributed by atoms with E-state index in [2.05, 4.69) is 19.9 Å². The first-order valence-electron chi connectivity index (χ1n) is 12.4. The lowest BCUT2D eigenvalue weighted by Crippen LogP contribution is -2.48. The fourth-order valence-electron chi connectivity index (χ4n) is 5.64. The van der Waals surface area contributed by atoms with Crippen molar-refractivity contribution in [2.45, 2.75) is 51.1 Å². The Morgan fingerprint density at radius 1 is 0.914 bits per heavy atom.